The van der Waals surface area contributed by atoms with Gasteiger partial charge in [-0.1, -0.05) is 30.3 Å². The molecule has 0 radical (unpaired) electrons. The molecule has 0 saturated carbocycles. The third kappa shape index (κ3) is 2.22. The number of nitrogens with two attached hydrogens (primary N) is 1. The first-order valence-electron chi connectivity index (χ1n) is 8.47. The first kappa shape index (κ1) is 16.3. The Balaban J connectivity index is 2.12. The third-order valence-corrected chi connectivity index (χ3v) is 4.71. The number of aryl methyl sites for hydroxylation is 2. The van der Waals surface area contributed by atoms with Gasteiger partial charge in [-0.15, -0.1) is 0 Å². The largest absolute Gasteiger partial charge is 0.332 e. The zero-order valence-electron chi connectivity index (χ0n) is 14.7. The Kier molecular flexibility index (Phi) is 3.77. The van der Waals surface area contributed by atoms with Crippen molar-refractivity contribution >= 4 is 16.9 Å². The fourth-order valence-corrected chi connectivity index (χ4v) is 3.32. The van der Waals surface area contributed by atoms with Crippen LogP contribution in [0, 0.1) is 0 Å². The lowest BCUT2D eigenvalue weighted by Crippen LogP contribution is -2.37. The average molecular weight is 352 g/mol. The summed E-state index contributed by atoms with van der Waals surface area (Å²) in [5.74, 6) is 0.630. The number of benzene rings is 1. The number of imidazole rings is 2. The van der Waals surface area contributed by atoms with Gasteiger partial charge in [-0.25, -0.2) is 4.79 Å². The molecule has 0 atom stereocenters. The lowest BCUT2D eigenvalue weighted by Gasteiger charge is -2.08. The van der Waals surface area contributed by atoms with E-state index in [9.17, 15) is 9.59 Å². The minimum atomic E-state index is -0.389. The molecule has 0 fully saturated rings. The summed E-state index contributed by atoms with van der Waals surface area (Å²) in [5, 5.41) is 0. The molecule has 0 saturated heterocycles. The minimum absolute atomic E-state index is 0.355. The predicted molar refractivity (Wildman–Crippen MR) is 100 cm³/mol. The normalized spacial score (nSPS) is 11.7. The summed E-state index contributed by atoms with van der Waals surface area (Å²) in [6.45, 7) is 1.23. The summed E-state index contributed by atoms with van der Waals surface area (Å²) in [7, 11) is 3.10. The first-order chi connectivity index (χ1) is 12.5. The summed E-state index contributed by atoms with van der Waals surface area (Å²) in [6.07, 6.45) is 2.69. The third-order valence-electron chi connectivity index (χ3n) is 4.71. The van der Waals surface area contributed by atoms with E-state index in [-0.39, 0.29) is 11.2 Å². The molecule has 2 N–H and O–H groups in total. The highest BCUT2D eigenvalue weighted by atomic mass is 16.2. The van der Waals surface area contributed by atoms with Gasteiger partial charge in [-0.2, -0.15) is 4.98 Å². The predicted octanol–water partition coefficient (Wildman–Crippen LogP) is 0.702. The van der Waals surface area contributed by atoms with E-state index in [1.807, 2.05) is 41.1 Å². The molecule has 0 aliphatic carbocycles. The summed E-state index contributed by atoms with van der Waals surface area (Å²) in [6, 6.07) is 9.94. The van der Waals surface area contributed by atoms with Gasteiger partial charge < -0.3 is 10.3 Å². The quantitative estimate of drug-likeness (QED) is 0.585. The second-order valence-electron chi connectivity index (χ2n) is 6.33. The van der Waals surface area contributed by atoms with Crippen molar-refractivity contribution < 1.29 is 0 Å². The maximum absolute atomic E-state index is 12.7. The van der Waals surface area contributed by atoms with Crippen molar-refractivity contribution in [3.05, 3.63) is 57.4 Å². The molecule has 3 aromatic heterocycles. The van der Waals surface area contributed by atoms with Crippen molar-refractivity contribution in [3.8, 4) is 11.3 Å². The summed E-state index contributed by atoms with van der Waals surface area (Å²) >= 11 is 0. The first-order valence-corrected chi connectivity index (χ1v) is 8.47. The molecule has 0 aliphatic heterocycles. The van der Waals surface area contributed by atoms with Gasteiger partial charge in [0, 0.05) is 26.8 Å². The molecular weight excluding hydrogens is 332 g/mol. The molecule has 8 nitrogen and oxygen atoms in total. The van der Waals surface area contributed by atoms with Crippen LogP contribution in [0.2, 0.25) is 0 Å². The van der Waals surface area contributed by atoms with Gasteiger partial charge in [0.05, 0.1) is 5.69 Å². The molecule has 1 aromatic carbocycles. The van der Waals surface area contributed by atoms with Gasteiger partial charge in [-0.05, 0) is 18.5 Å². The number of rotatable bonds is 4. The fraction of sp³-hybridized carbons (Fsp3) is 0.278. The van der Waals surface area contributed by atoms with Gasteiger partial charge in [0.1, 0.15) is 0 Å². The molecule has 4 aromatic rings. The van der Waals surface area contributed by atoms with Gasteiger partial charge >= 0.3 is 5.69 Å². The van der Waals surface area contributed by atoms with Crippen LogP contribution in [0.15, 0.2) is 46.1 Å². The number of aromatic nitrogens is 5. The molecule has 0 unspecified atom stereocenters. The van der Waals surface area contributed by atoms with E-state index >= 15 is 0 Å². The van der Waals surface area contributed by atoms with Gasteiger partial charge in [0.15, 0.2) is 11.2 Å². The molecule has 4 rings (SSSR count). The fourth-order valence-electron chi connectivity index (χ4n) is 3.32. The zero-order valence-corrected chi connectivity index (χ0v) is 14.7. The Morgan fingerprint density at radius 2 is 1.81 bits per heavy atom. The molecule has 0 amide bonds. The lowest BCUT2D eigenvalue weighted by molar-refractivity contribution is 0.668. The highest BCUT2D eigenvalue weighted by molar-refractivity contribution is 5.78. The van der Waals surface area contributed by atoms with Crippen LogP contribution in [0.25, 0.3) is 28.2 Å². The van der Waals surface area contributed by atoms with Crippen LogP contribution in [0.3, 0.4) is 0 Å². The highest BCUT2D eigenvalue weighted by Crippen LogP contribution is 2.25. The van der Waals surface area contributed by atoms with E-state index < -0.39 is 0 Å². The lowest BCUT2D eigenvalue weighted by atomic mass is 10.1. The molecule has 26 heavy (non-hydrogen) atoms. The van der Waals surface area contributed by atoms with E-state index in [4.69, 9.17) is 5.73 Å². The monoisotopic (exact) mass is 352 g/mol. The Labute approximate surface area is 148 Å². The SMILES string of the molecule is Cn1c(=O)c2c(nc3n(CCCN)c(-c4ccccc4)cn23)n(C)c1=O. The Bertz CT molecular complexity index is 1230. The summed E-state index contributed by atoms with van der Waals surface area (Å²) in [4.78, 5) is 29.5. The van der Waals surface area contributed by atoms with Crippen molar-refractivity contribution in [2.24, 2.45) is 19.8 Å². The van der Waals surface area contributed by atoms with Crippen LogP contribution in [0.5, 0.6) is 0 Å². The van der Waals surface area contributed by atoms with Gasteiger partial charge in [-0.3, -0.25) is 18.3 Å². The van der Waals surface area contributed by atoms with Crippen molar-refractivity contribution in [3.63, 3.8) is 0 Å². The second kappa shape index (κ2) is 5.99. The van der Waals surface area contributed by atoms with Crippen molar-refractivity contribution in [2.45, 2.75) is 13.0 Å². The zero-order chi connectivity index (χ0) is 18.4. The van der Waals surface area contributed by atoms with E-state index in [1.54, 1.807) is 11.4 Å². The van der Waals surface area contributed by atoms with E-state index in [0.717, 1.165) is 22.2 Å². The Morgan fingerprint density at radius 1 is 1.08 bits per heavy atom. The number of hydrogen-bond donors (Lipinski definition) is 1. The molecule has 0 spiro atoms. The molecule has 0 aliphatic rings. The van der Waals surface area contributed by atoms with E-state index in [2.05, 4.69) is 4.98 Å². The van der Waals surface area contributed by atoms with Crippen LogP contribution in [0.4, 0.5) is 0 Å². The smallest absolute Gasteiger partial charge is 0.330 e. The molecule has 3 heterocycles. The molecular formula is C18H20N6O2. The molecule has 8 heteroatoms. The van der Waals surface area contributed by atoms with E-state index in [1.165, 1.54) is 11.6 Å². The van der Waals surface area contributed by atoms with Crippen LogP contribution >= 0.6 is 0 Å². The van der Waals surface area contributed by atoms with E-state index in [0.29, 0.717) is 30.0 Å². The molecule has 134 valence electrons. The maximum atomic E-state index is 12.7. The maximum Gasteiger partial charge on any atom is 0.332 e. The van der Waals surface area contributed by atoms with Crippen LogP contribution < -0.4 is 17.0 Å². The second-order valence-corrected chi connectivity index (χ2v) is 6.33. The number of nitrogens with zero attached hydrogens (tertiary/aromatic N) is 5. The van der Waals surface area contributed by atoms with Crippen LogP contribution in [-0.2, 0) is 20.6 Å². The Hall–Kier alpha value is -3.13. The van der Waals surface area contributed by atoms with Gasteiger partial charge in [0.25, 0.3) is 5.56 Å². The van der Waals surface area contributed by atoms with Crippen molar-refractivity contribution in [2.75, 3.05) is 6.54 Å². The standard InChI is InChI=1S/C18H20N6O2/c1-21-15-14(16(25)22(2)18(21)26)24-11-13(12-7-4-3-5-8-12)23(10-6-9-19)17(24)20-15/h3-5,7-8,11H,6,9-10,19H2,1-2H3. The summed E-state index contributed by atoms with van der Waals surface area (Å²) in [5.41, 5.74) is 7.73. The Morgan fingerprint density at radius 3 is 2.50 bits per heavy atom. The minimum Gasteiger partial charge on any atom is -0.330 e. The summed E-state index contributed by atoms with van der Waals surface area (Å²) < 4.78 is 6.33. The highest BCUT2D eigenvalue weighted by Gasteiger charge is 2.20. The topological polar surface area (TPSA) is 92.2 Å². The average Bonchev–Trinajstić information content (AvgIpc) is 3.20. The molecule has 0 bridgehead atoms. The van der Waals surface area contributed by atoms with Crippen molar-refractivity contribution in [1.82, 2.24) is 23.1 Å². The number of hydrogen-bond acceptors (Lipinski definition) is 4. The van der Waals surface area contributed by atoms with Gasteiger partial charge in [0.2, 0.25) is 5.78 Å². The number of fused-ring (bicyclic) bond motifs is 3. The van der Waals surface area contributed by atoms with Crippen molar-refractivity contribution in [1.29, 1.82) is 0 Å². The van der Waals surface area contributed by atoms with Crippen LogP contribution in [-0.4, -0.2) is 29.6 Å². The van der Waals surface area contributed by atoms with Crippen LogP contribution in [0.1, 0.15) is 6.42 Å².